The molecule has 0 aliphatic carbocycles. The van der Waals surface area contributed by atoms with Gasteiger partial charge in [-0.25, -0.2) is 0 Å². The Hall–Kier alpha value is -3.26. The fourth-order valence-corrected chi connectivity index (χ4v) is 4.19. The van der Waals surface area contributed by atoms with E-state index >= 15 is 0 Å². The lowest BCUT2D eigenvalue weighted by molar-refractivity contribution is -0.132. The largest absolute Gasteiger partial charge is 0.356 e. The van der Waals surface area contributed by atoms with Crippen molar-refractivity contribution in [1.29, 1.82) is 0 Å². The highest BCUT2D eigenvalue weighted by Crippen LogP contribution is 2.23. The van der Waals surface area contributed by atoms with Gasteiger partial charge in [0.25, 0.3) is 0 Å². The Kier molecular flexibility index (Phi) is 6.80. The lowest BCUT2D eigenvalue weighted by Crippen LogP contribution is -2.28. The molecule has 2 N–H and O–H groups in total. The number of aryl methyl sites for hydroxylation is 1. The molecule has 2 aromatic carbocycles. The lowest BCUT2D eigenvalue weighted by Gasteiger charge is -2.15. The quantitative estimate of drug-likeness (QED) is 0.405. The monoisotopic (exact) mass is 449 g/mol. The molecule has 0 saturated carbocycles. The van der Waals surface area contributed by atoms with Gasteiger partial charge in [0.1, 0.15) is 0 Å². The molecule has 0 spiro atoms. The van der Waals surface area contributed by atoms with Gasteiger partial charge in [-0.1, -0.05) is 48.0 Å². The molecule has 2 amide bonds. The summed E-state index contributed by atoms with van der Waals surface area (Å²) in [6, 6.07) is 16.2. The molecule has 1 aromatic heterocycles. The van der Waals surface area contributed by atoms with Crippen molar-refractivity contribution in [1.82, 2.24) is 25.0 Å². The van der Waals surface area contributed by atoms with Crippen molar-refractivity contribution >= 4 is 24.0 Å². The van der Waals surface area contributed by atoms with Gasteiger partial charge in [-0.2, -0.15) is 5.10 Å². The Labute approximate surface area is 192 Å². The highest BCUT2D eigenvalue weighted by atomic mass is 32.1. The number of rotatable bonds is 8. The number of H-pyrrole nitrogens is 1. The first kappa shape index (κ1) is 22.0. The first-order chi connectivity index (χ1) is 15.5. The van der Waals surface area contributed by atoms with Crippen molar-refractivity contribution in [2.75, 3.05) is 6.54 Å². The average molecular weight is 450 g/mol. The first-order valence-electron chi connectivity index (χ1n) is 10.8. The summed E-state index contributed by atoms with van der Waals surface area (Å²) in [6.45, 7) is 4.30. The van der Waals surface area contributed by atoms with Crippen molar-refractivity contribution in [3.63, 3.8) is 0 Å². The third-order valence-electron chi connectivity index (χ3n) is 5.68. The van der Waals surface area contributed by atoms with E-state index in [1.165, 1.54) is 11.1 Å². The van der Waals surface area contributed by atoms with Crippen LogP contribution >= 0.6 is 12.2 Å². The fraction of sp³-hybridized carbons (Fsp3) is 0.333. The minimum Gasteiger partial charge on any atom is -0.356 e. The molecule has 0 fully saturated rings. The molecule has 2 heterocycles. The minimum absolute atomic E-state index is 0.0654. The lowest BCUT2D eigenvalue weighted by atomic mass is 10.1. The first-order valence-corrected chi connectivity index (χ1v) is 11.3. The van der Waals surface area contributed by atoms with Crippen LogP contribution in [0.5, 0.6) is 0 Å². The van der Waals surface area contributed by atoms with Crippen LogP contribution in [0.2, 0.25) is 0 Å². The van der Waals surface area contributed by atoms with Crippen molar-refractivity contribution in [3.8, 4) is 11.4 Å². The van der Waals surface area contributed by atoms with Gasteiger partial charge in [-0.05, 0) is 42.8 Å². The van der Waals surface area contributed by atoms with E-state index in [2.05, 4.69) is 27.6 Å². The molecule has 0 atom stereocenters. The molecule has 32 heavy (non-hydrogen) atoms. The second-order valence-electron chi connectivity index (χ2n) is 8.10. The number of benzene rings is 2. The van der Waals surface area contributed by atoms with E-state index in [-0.39, 0.29) is 11.8 Å². The molecule has 0 radical (unpaired) electrons. The summed E-state index contributed by atoms with van der Waals surface area (Å²) >= 11 is 5.34. The maximum absolute atomic E-state index is 12.5. The zero-order valence-electron chi connectivity index (χ0n) is 18.1. The number of carbonyl (C=O) groups excluding carboxylic acids is 2. The van der Waals surface area contributed by atoms with E-state index in [1.54, 1.807) is 0 Å². The predicted octanol–water partition coefficient (Wildman–Crippen LogP) is 3.75. The van der Waals surface area contributed by atoms with Crippen LogP contribution in [0, 0.1) is 11.7 Å². The number of nitrogens with one attached hydrogen (secondary N) is 2. The zero-order valence-corrected chi connectivity index (χ0v) is 19.0. The summed E-state index contributed by atoms with van der Waals surface area (Å²) in [5, 5.41) is 10.1. The van der Waals surface area contributed by atoms with E-state index < -0.39 is 0 Å². The normalized spacial score (nSPS) is 12.6. The number of amides is 2. The number of fused-ring (bicyclic) bond motifs is 1. The summed E-state index contributed by atoms with van der Waals surface area (Å²) in [5.74, 6) is 0.788. The second kappa shape index (κ2) is 9.91. The van der Waals surface area contributed by atoms with Crippen LogP contribution in [0.15, 0.2) is 48.5 Å². The van der Waals surface area contributed by atoms with Gasteiger partial charge in [0, 0.05) is 44.6 Å². The van der Waals surface area contributed by atoms with Gasteiger partial charge in [0.2, 0.25) is 11.8 Å². The fourth-order valence-electron chi connectivity index (χ4n) is 3.97. The maximum Gasteiger partial charge on any atom is 0.223 e. The molecule has 3 aromatic rings. The summed E-state index contributed by atoms with van der Waals surface area (Å²) in [4.78, 5) is 26.7. The molecule has 4 rings (SSSR count). The Balaban J connectivity index is 1.21. The number of hydrogen-bond acceptors (Lipinski definition) is 4. The molecule has 1 aliphatic rings. The Morgan fingerprint density at radius 2 is 1.84 bits per heavy atom. The van der Waals surface area contributed by atoms with Crippen molar-refractivity contribution in [2.45, 2.75) is 45.8 Å². The highest BCUT2D eigenvalue weighted by molar-refractivity contribution is 7.71. The molecule has 1 aliphatic heterocycles. The predicted molar refractivity (Wildman–Crippen MR) is 125 cm³/mol. The van der Waals surface area contributed by atoms with Crippen LogP contribution in [-0.4, -0.2) is 38.0 Å². The molecule has 0 saturated heterocycles. The number of aromatic amines is 1. The highest BCUT2D eigenvalue weighted by Gasteiger charge is 2.22. The van der Waals surface area contributed by atoms with Crippen molar-refractivity contribution < 1.29 is 9.59 Å². The van der Waals surface area contributed by atoms with Crippen LogP contribution in [0.25, 0.3) is 11.4 Å². The van der Waals surface area contributed by atoms with Gasteiger partial charge in [-0.15, -0.1) is 0 Å². The summed E-state index contributed by atoms with van der Waals surface area (Å²) < 4.78 is 2.34. The second-order valence-corrected chi connectivity index (χ2v) is 8.48. The van der Waals surface area contributed by atoms with Crippen molar-refractivity contribution in [3.05, 3.63) is 70.0 Å². The van der Waals surface area contributed by atoms with E-state index in [0.29, 0.717) is 50.2 Å². The van der Waals surface area contributed by atoms with E-state index in [4.69, 9.17) is 12.2 Å². The zero-order chi connectivity index (χ0) is 22.5. The number of aromatic nitrogens is 3. The third-order valence-corrected chi connectivity index (χ3v) is 5.99. The smallest absolute Gasteiger partial charge is 0.223 e. The summed E-state index contributed by atoms with van der Waals surface area (Å²) in [6.07, 6.45) is 1.34. The van der Waals surface area contributed by atoms with Crippen LogP contribution < -0.4 is 5.32 Å². The van der Waals surface area contributed by atoms with Gasteiger partial charge in [0.15, 0.2) is 10.6 Å². The Morgan fingerprint density at radius 1 is 1.09 bits per heavy atom. The van der Waals surface area contributed by atoms with E-state index in [0.717, 1.165) is 17.0 Å². The average Bonchev–Trinajstić information content (AvgIpc) is 3.38. The molecular weight excluding hydrogens is 422 g/mol. The van der Waals surface area contributed by atoms with Crippen LogP contribution in [-0.2, 0) is 29.2 Å². The van der Waals surface area contributed by atoms with E-state index in [9.17, 15) is 9.59 Å². The maximum atomic E-state index is 12.5. The van der Waals surface area contributed by atoms with Crippen LogP contribution in [0.4, 0.5) is 0 Å². The number of carbonyl (C=O) groups is 2. The molecule has 7 nitrogen and oxygen atoms in total. The van der Waals surface area contributed by atoms with Crippen LogP contribution in [0.1, 0.15) is 36.0 Å². The van der Waals surface area contributed by atoms with Crippen LogP contribution in [0.3, 0.4) is 0 Å². The number of nitrogens with zero attached hydrogens (tertiary/aromatic N) is 3. The topological polar surface area (TPSA) is 83.0 Å². The third kappa shape index (κ3) is 5.13. The number of hydrogen-bond donors (Lipinski definition) is 2. The van der Waals surface area contributed by atoms with Gasteiger partial charge in [-0.3, -0.25) is 19.3 Å². The van der Waals surface area contributed by atoms with E-state index in [1.807, 2.05) is 52.8 Å². The van der Waals surface area contributed by atoms with Gasteiger partial charge < -0.3 is 10.2 Å². The van der Waals surface area contributed by atoms with Crippen molar-refractivity contribution in [2.24, 2.45) is 0 Å². The standard InChI is InChI=1S/C24H27N5O2S/c1-17-6-4-9-18(14-17)23-26-27-24(32)29(23)13-11-21(30)25-12-5-10-22(31)28-15-19-7-2-3-8-20(19)16-28/h2-4,6-9,14H,5,10-13,15-16H2,1H3,(H,25,30)(H,27,32). The molecule has 0 unspecified atom stereocenters. The minimum atomic E-state index is -0.0654. The Bertz CT molecular complexity index is 1160. The molecule has 0 bridgehead atoms. The summed E-state index contributed by atoms with van der Waals surface area (Å²) in [5.41, 5.74) is 4.53. The summed E-state index contributed by atoms with van der Waals surface area (Å²) in [7, 11) is 0. The van der Waals surface area contributed by atoms with Gasteiger partial charge >= 0.3 is 0 Å². The molecular formula is C24H27N5O2S. The molecule has 8 heteroatoms. The van der Waals surface area contributed by atoms with Gasteiger partial charge in [0.05, 0.1) is 0 Å². The Morgan fingerprint density at radius 3 is 2.56 bits per heavy atom. The molecule has 166 valence electrons. The SMILES string of the molecule is Cc1cccc(-c2n[nH]c(=S)n2CCC(=O)NCCCC(=O)N2Cc3ccccc3C2)c1.